The first-order valence-corrected chi connectivity index (χ1v) is 9.59. The lowest BCUT2D eigenvalue weighted by molar-refractivity contribution is 0.302. The Labute approximate surface area is 147 Å². The third-order valence-electron chi connectivity index (χ3n) is 4.35. The number of primary sulfonamides is 1. The lowest BCUT2D eigenvalue weighted by atomic mass is 9.84. The minimum Gasteiger partial charge on any atom is -0.489 e. The fourth-order valence-electron chi connectivity index (χ4n) is 2.85. The van der Waals surface area contributed by atoms with Crippen molar-refractivity contribution in [3.05, 3.63) is 71.5 Å². The fraction of sp³-hybridized carbons (Fsp3) is 0.263. The van der Waals surface area contributed by atoms with Crippen molar-refractivity contribution in [2.45, 2.75) is 31.5 Å². The largest absolute Gasteiger partial charge is 0.489 e. The summed E-state index contributed by atoms with van der Waals surface area (Å²) in [6.07, 6.45) is 8.53. The van der Waals surface area contributed by atoms with Gasteiger partial charge in [-0.15, -0.1) is 0 Å². The maximum absolute atomic E-state index is 11.3. The minimum absolute atomic E-state index is 0.215. The Bertz CT molecular complexity index is 907. The molecule has 0 aliphatic heterocycles. The second-order valence-corrected chi connectivity index (χ2v) is 7.70. The highest BCUT2D eigenvalue weighted by atomic mass is 32.2. The van der Waals surface area contributed by atoms with Crippen molar-refractivity contribution in [3.8, 4) is 5.75 Å². The highest BCUT2D eigenvalue weighted by molar-refractivity contribution is 7.89. The molecule has 5 nitrogen and oxygen atoms in total. The first-order valence-electron chi connectivity index (χ1n) is 8.04. The van der Waals surface area contributed by atoms with Gasteiger partial charge in [0.2, 0.25) is 5.09 Å². The maximum Gasteiger partial charge on any atom is 0.271 e. The lowest BCUT2D eigenvalue weighted by Crippen LogP contribution is -2.10. The highest BCUT2D eigenvalue weighted by Gasteiger charge is 2.18. The summed E-state index contributed by atoms with van der Waals surface area (Å²) in [7, 11) is -3.84. The number of rotatable bonds is 5. The molecule has 2 unspecified atom stereocenters. The third kappa shape index (κ3) is 4.03. The van der Waals surface area contributed by atoms with Crippen LogP contribution in [0.5, 0.6) is 5.75 Å². The molecule has 0 spiro atoms. The molecule has 25 heavy (non-hydrogen) atoms. The van der Waals surface area contributed by atoms with Gasteiger partial charge in [-0.05, 0) is 30.5 Å². The smallest absolute Gasteiger partial charge is 0.271 e. The fourth-order valence-corrected chi connectivity index (χ4v) is 3.40. The van der Waals surface area contributed by atoms with Crippen LogP contribution in [0.1, 0.15) is 29.7 Å². The molecule has 2 aromatic rings. The Balaban J connectivity index is 1.67. The summed E-state index contributed by atoms with van der Waals surface area (Å²) >= 11 is 0. The van der Waals surface area contributed by atoms with E-state index in [9.17, 15) is 8.42 Å². The predicted octanol–water partition coefficient (Wildman–Crippen LogP) is 3.66. The van der Waals surface area contributed by atoms with Gasteiger partial charge in [0.15, 0.2) is 0 Å². The Kier molecular flexibility index (Phi) is 4.83. The molecule has 0 amide bonds. The van der Waals surface area contributed by atoms with E-state index in [0.717, 1.165) is 0 Å². The first-order chi connectivity index (χ1) is 11.8. The van der Waals surface area contributed by atoms with Gasteiger partial charge in [0.25, 0.3) is 10.0 Å². The minimum atomic E-state index is -3.84. The standard InChI is InChI=1S/C19H21NO4S/c1-13-5-3-4-6-18(13)15-7-9-17(10-8-15)23-12-16-11-19(24-14(16)2)25(20,21)22/h3-11,13,18H,12H2,1-2H3,(H2,20,21,22). The van der Waals surface area contributed by atoms with Crippen LogP contribution in [0.15, 0.2) is 64.1 Å². The monoisotopic (exact) mass is 359 g/mol. The van der Waals surface area contributed by atoms with Gasteiger partial charge in [0, 0.05) is 17.5 Å². The van der Waals surface area contributed by atoms with Gasteiger partial charge in [0.05, 0.1) is 0 Å². The average Bonchev–Trinajstić information content (AvgIpc) is 2.95. The zero-order chi connectivity index (χ0) is 18.0. The number of aryl methyl sites for hydroxylation is 1. The molecule has 0 bridgehead atoms. The van der Waals surface area contributed by atoms with Crippen LogP contribution >= 0.6 is 0 Å². The van der Waals surface area contributed by atoms with E-state index in [-0.39, 0.29) is 11.7 Å². The lowest BCUT2D eigenvalue weighted by Gasteiger charge is -2.21. The quantitative estimate of drug-likeness (QED) is 0.883. The number of sulfonamides is 1. The van der Waals surface area contributed by atoms with Crippen molar-refractivity contribution < 1.29 is 17.6 Å². The summed E-state index contributed by atoms with van der Waals surface area (Å²) < 4.78 is 33.6. The molecule has 132 valence electrons. The molecule has 1 aliphatic rings. The van der Waals surface area contributed by atoms with E-state index >= 15 is 0 Å². The summed E-state index contributed by atoms with van der Waals surface area (Å²) in [6, 6.07) is 9.35. The molecule has 3 rings (SSSR count). The normalized spacial score (nSPS) is 20.0. The molecule has 1 heterocycles. The van der Waals surface area contributed by atoms with Crippen molar-refractivity contribution in [2.75, 3.05) is 0 Å². The zero-order valence-corrected chi connectivity index (χ0v) is 15.0. The summed E-state index contributed by atoms with van der Waals surface area (Å²) in [5.41, 5.74) is 1.89. The molecule has 1 aromatic carbocycles. The summed E-state index contributed by atoms with van der Waals surface area (Å²) in [6.45, 7) is 4.09. The number of allylic oxidation sites excluding steroid dienone is 4. The number of ether oxygens (including phenoxy) is 1. The molecule has 1 aromatic heterocycles. The van der Waals surface area contributed by atoms with Crippen molar-refractivity contribution in [3.63, 3.8) is 0 Å². The highest BCUT2D eigenvalue weighted by Crippen LogP contribution is 2.31. The molecular weight excluding hydrogens is 338 g/mol. The number of nitrogens with two attached hydrogens (primary N) is 1. The van der Waals surface area contributed by atoms with Crippen LogP contribution in [0, 0.1) is 12.8 Å². The average molecular weight is 359 g/mol. The molecule has 1 aliphatic carbocycles. The number of hydrogen-bond donors (Lipinski definition) is 1. The van der Waals surface area contributed by atoms with Crippen molar-refractivity contribution >= 4 is 10.0 Å². The second-order valence-electron chi connectivity index (χ2n) is 6.20. The van der Waals surface area contributed by atoms with Crippen molar-refractivity contribution in [2.24, 2.45) is 11.1 Å². The van der Waals surface area contributed by atoms with E-state index in [1.807, 2.05) is 12.1 Å². The number of furan rings is 1. The first kappa shape index (κ1) is 17.5. The van der Waals surface area contributed by atoms with Crippen LogP contribution in [-0.4, -0.2) is 8.42 Å². The van der Waals surface area contributed by atoms with Crippen LogP contribution < -0.4 is 9.88 Å². The van der Waals surface area contributed by atoms with E-state index in [0.29, 0.717) is 28.9 Å². The third-order valence-corrected chi connectivity index (χ3v) is 5.11. The molecule has 2 N–H and O–H groups in total. The number of benzene rings is 1. The van der Waals surface area contributed by atoms with Crippen LogP contribution in [0.4, 0.5) is 0 Å². The Hall–Kier alpha value is -2.31. The van der Waals surface area contributed by atoms with Crippen LogP contribution in [0.3, 0.4) is 0 Å². The van der Waals surface area contributed by atoms with Crippen LogP contribution in [0.2, 0.25) is 0 Å². The predicted molar refractivity (Wildman–Crippen MR) is 95.8 cm³/mol. The van der Waals surface area contributed by atoms with E-state index in [4.69, 9.17) is 14.3 Å². The second kappa shape index (κ2) is 6.90. The van der Waals surface area contributed by atoms with Gasteiger partial charge in [-0.1, -0.05) is 43.4 Å². The molecule has 0 saturated heterocycles. The van der Waals surface area contributed by atoms with Gasteiger partial charge in [-0.25, -0.2) is 13.6 Å². The topological polar surface area (TPSA) is 82.5 Å². The molecule has 0 saturated carbocycles. The summed E-state index contributed by atoms with van der Waals surface area (Å²) in [4.78, 5) is 0. The molecule has 0 radical (unpaired) electrons. The van der Waals surface area contributed by atoms with Crippen molar-refractivity contribution in [1.29, 1.82) is 0 Å². The van der Waals surface area contributed by atoms with E-state index < -0.39 is 10.0 Å². The summed E-state index contributed by atoms with van der Waals surface area (Å²) in [5, 5.41) is 4.83. The van der Waals surface area contributed by atoms with Gasteiger partial charge in [-0.3, -0.25) is 0 Å². The molecule has 0 fully saturated rings. The van der Waals surface area contributed by atoms with Gasteiger partial charge >= 0.3 is 0 Å². The Morgan fingerprint density at radius 1 is 1.16 bits per heavy atom. The van der Waals surface area contributed by atoms with Crippen LogP contribution in [-0.2, 0) is 16.6 Å². The van der Waals surface area contributed by atoms with Gasteiger partial charge < -0.3 is 9.15 Å². The Morgan fingerprint density at radius 3 is 2.44 bits per heavy atom. The van der Waals surface area contributed by atoms with E-state index in [1.54, 1.807) is 6.92 Å². The number of hydrogen-bond acceptors (Lipinski definition) is 4. The van der Waals surface area contributed by atoms with E-state index in [2.05, 4.69) is 43.4 Å². The SMILES string of the molecule is Cc1oc(S(N)(=O)=O)cc1COc1ccc(C2C=CC=CC2C)cc1. The van der Waals surface area contributed by atoms with Crippen LogP contribution in [0.25, 0.3) is 0 Å². The van der Waals surface area contributed by atoms with Gasteiger partial charge in [0.1, 0.15) is 18.1 Å². The Morgan fingerprint density at radius 2 is 1.84 bits per heavy atom. The van der Waals surface area contributed by atoms with Gasteiger partial charge in [-0.2, -0.15) is 0 Å². The molecule has 2 atom stereocenters. The van der Waals surface area contributed by atoms with E-state index in [1.165, 1.54) is 11.6 Å². The maximum atomic E-state index is 11.3. The summed E-state index contributed by atoms with van der Waals surface area (Å²) in [5.74, 6) is 2.02. The zero-order valence-electron chi connectivity index (χ0n) is 14.2. The molecule has 6 heteroatoms. The molecular formula is C19H21NO4S. The van der Waals surface area contributed by atoms with Crippen molar-refractivity contribution in [1.82, 2.24) is 0 Å².